The number of hydrogen-bond acceptors (Lipinski definition) is 4. The Labute approximate surface area is 240 Å². The fourth-order valence-electron chi connectivity index (χ4n) is 6.73. The molecule has 1 atom stereocenters. The minimum absolute atomic E-state index is 0.0996. The van der Waals surface area contributed by atoms with Gasteiger partial charge in [-0.1, -0.05) is 54.8 Å². The van der Waals surface area contributed by atoms with Crippen LogP contribution in [0.15, 0.2) is 39.3 Å². The molecule has 0 spiro atoms. The lowest BCUT2D eigenvalue weighted by atomic mass is 9.78. The first-order chi connectivity index (χ1) is 18.8. The van der Waals surface area contributed by atoms with E-state index in [9.17, 15) is 19.2 Å². The number of carbonyl (C=O) groups is 4. The van der Waals surface area contributed by atoms with Crippen LogP contribution in [0.4, 0.5) is 0 Å². The van der Waals surface area contributed by atoms with E-state index in [1.54, 1.807) is 18.2 Å². The summed E-state index contributed by atoms with van der Waals surface area (Å²) in [6, 6.07) is 9.12. The zero-order valence-corrected chi connectivity index (χ0v) is 24.4. The first-order valence-electron chi connectivity index (χ1n) is 13.1. The predicted molar refractivity (Wildman–Crippen MR) is 159 cm³/mol. The normalized spacial score (nSPS) is 15.6. The van der Waals surface area contributed by atoms with Gasteiger partial charge in [0.25, 0.3) is 23.6 Å². The van der Waals surface area contributed by atoms with Gasteiger partial charge in [-0.3, -0.25) is 29.8 Å². The maximum atomic E-state index is 13.6. The second-order valence-electron chi connectivity index (χ2n) is 10.4. The van der Waals surface area contributed by atoms with Gasteiger partial charge < -0.3 is 0 Å². The number of carbonyl (C=O) groups excluding carboxylic acids is 4. The van der Waals surface area contributed by atoms with Crippen LogP contribution in [0.3, 0.4) is 0 Å². The van der Waals surface area contributed by atoms with E-state index >= 15 is 0 Å². The molecule has 39 heavy (non-hydrogen) atoms. The predicted octanol–water partition coefficient (Wildman–Crippen LogP) is 7.71. The SMILES string of the molecule is CCCCC(CC)c1c2c3c(cc(Br)c4c5ccc6c7c(ccc(c(c1Br)c34)c75)C(=O)NC6=O)C(=O)NC2=O. The molecule has 2 aliphatic heterocycles. The van der Waals surface area contributed by atoms with Crippen LogP contribution >= 0.6 is 31.9 Å². The van der Waals surface area contributed by atoms with Gasteiger partial charge in [0, 0.05) is 52.6 Å². The summed E-state index contributed by atoms with van der Waals surface area (Å²) in [5.41, 5.74) is 2.83. The average Bonchev–Trinajstić information content (AvgIpc) is 2.91. The Kier molecular flexibility index (Phi) is 5.42. The molecule has 0 aromatic heterocycles. The highest BCUT2D eigenvalue weighted by molar-refractivity contribution is 9.11. The number of benzene rings is 5. The molecule has 0 radical (unpaired) electrons. The van der Waals surface area contributed by atoms with Gasteiger partial charge in [-0.2, -0.15) is 0 Å². The molecular weight excluding hydrogens is 624 g/mol. The van der Waals surface area contributed by atoms with E-state index in [1.165, 1.54) is 0 Å². The Hall–Kier alpha value is -3.36. The summed E-state index contributed by atoms with van der Waals surface area (Å²) >= 11 is 7.68. The quantitative estimate of drug-likeness (QED) is 0.116. The molecule has 2 aliphatic rings. The first-order valence-corrected chi connectivity index (χ1v) is 14.7. The molecule has 0 aliphatic carbocycles. The van der Waals surface area contributed by atoms with Crippen molar-refractivity contribution in [3.05, 3.63) is 67.1 Å². The van der Waals surface area contributed by atoms with Crippen LogP contribution in [0, 0.1) is 0 Å². The van der Waals surface area contributed by atoms with Crippen LogP contribution < -0.4 is 10.6 Å². The summed E-state index contributed by atoms with van der Waals surface area (Å²) in [5, 5.41) is 11.4. The highest BCUT2D eigenvalue weighted by atomic mass is 79.9. The fraction of sp³-hybridized carbons (Fsp3) is 0.226. The van der Waals surface area contributed by atoms with Gasteiger partial charge in [0.1, 0.15) is 0 Å². The molecule has 0 saturated carbocycles. The number of unbranched alkanes of at least 4 members (excludes halogenated alkanes) is 1. The minimum atomic E-state index is -0.418. The number of rotatable bonds is 5. The molecule has 7 rings (SSSR count). The van der Waals surface area contributed by atoms with Gasteiger partial charge in [-0.15, -0.1) is 0 Å². The van der Waals surface area contributed by atoms with Crippen molar-refractivity contribution in [1.29, 1.82) is 0 Å². The maximum absolute atomic E-state index is 13.6. The van der Waals surface area contributed by atoms with Gasteiger partial charge >= 0.3 is 0 Å². The molecule has 2 N–H and O–H groups in total. The molecule has 0 bridgehead atoms. The Morgan fingerprint density at radius 3 is 1.95 bits per heavy atom. The molecule has 0 fully saturated rings. The second kappa shape index (κ2) is 8.57. The number of halogens is 2. The number of fused-ring (bicyclic) bond motifs is 2. The van der Waals surface area contributed by atoms with E-state index in [0.29, 0.717) is 37.5 Å². The van der Waals surface area contributed by atoms with Crippen LogP contribution in [0.25, 0.3) is 43.1 Å². The van der Waals surface area contributed by atoms with E-state index in [0.717, 1.165) is 68.0 Å². The van der Waals surface area contributed by atoms with Gasteiger partial charge in [0.05, 0.1) is 5.56 Å². The van der Waals surface area contributed by atoms with Gasteiger partial charge in [-0.05, 0) is 74.6 Å². The van der Waals surface area contributed by atoms with Crippen LogP contribution in [0.1, 0.15) is 92.4 Å². The molecule has 2 heterocycles. The zero-order valence-electron chi connectivity index (χ0n) is 21.2. The molecular formula is C31H22Br2N2O4. The molecule has 194 valence electrons. The number of amides is 4. The molecule has 1 unspecified atom stereocenters. The van der Waals surface area contributed by atoms with E-state index in [2.05, 4.69) is 56.3 Å². The lowest BCUT2D eigenvalue weighted by molar-refractivity contribution is 0.0828. The average molecular weight is 646 g/mol. The third-order valence-electron chi connectivity index (χ3n) is 8.43. The minimum Gasteiger partial charge on any atom is -0.288 e. The monoisotopic (exact) mass is 644 g/mol. The van der Waals surface area contributed by atoms with Crippen molar-refractivity contribution in [2.24, 2.45) is 0 Å². The van der Waals surface area contributed by atoms with Crippen molar-refractivity contribution < 1.29 is 19.2 Å². The Morgan fingerprint density at radius 1 is 0.692 bits per heavy atom. The van der Waals surface area contributed by atoms with Crippen molar-refractivity contribution in [3.63, 3.8) is 0 Å². The number of hydrogen-bond donors (Lipinski definition) is 2. The van der Waals surface area contributed by atoms with Gasteiger partial charge in [-0.25, -0.2) is 0 Å². The van der Waals surface area contributed by atoms with Crippen molar-refractivity contribution in [2.75, 3.05) is 0 Å². The summed E-state index contributed by atoms with van der Waals surface area (Å²) in [5.74, 6) is -1.53. The lowest BCUT2D eigenvalue weighted by Crippen LogP contribution is -2.36. The molecule has 8 heteroatoms. The summed E-state index contributed by atoms with van der Waals surface area (Å²) in [6.07, 6.45) is 3.79. The standard InChI is InChI=1S/C31H22Br2N2O4/c1-3-5-6-12(4-2)19-26-23-17(30(38)35-31(26)39)11-18(32)22-13-7-9-15-21-16(29(37)34-28(15)36)10-8-14(20(13)21)24(25(22)23)27(19)33/h7-12H,3-6H2,1-2H3,(H,34,36,37)(H,35,38,39). The number of nitrogens with one attached hydrogen (secondary N) is 2. The maximum Gasteiger partial charge on any atom is 0.259 e. The highest BCUT2D eigenvalue weighted by Crippen LogP contribution is 2.52. The van der Waals surface area contributed by atoms with E-state index < -0.39 is 17.7 Å². The largest absolute Gasteiger partial charge is 0.288 e. The third-order valence-corrected chi connectivity index (χ3v) is 9.88. The van der Waals surface area contributed by atoms with Crippen molar-refractivity contribution >= 4 is 98.6 Å². The van der Waals surface area contributed by atoms with E-state index in [-0.39, 0.29) is 11.8 Å². The molecule has 6 nitrogen and oxygen atoms in total. The topological polar surface area (TPSA) is 92.3 Å². The van der Waals surface area contributed by atoms with Crippen molar-refractivity contribution in [3.8, 4) is 0 Å². The summed E-state index contributed by atoms with van der Waals surface area (Å²) in [7, 11) is 0. The third kappa shape index (κ3) is 3.13. The molecule has 4 amide bonds. The lowest BCUT2D eigenvalue weighted by Gasteiger charge is -2.29. The zero-order chi connectivity index (χ0) is 27.3. The Morgan fingerprint density at radius 2 is 1.31 bits per heavy atom. The highest BCUT2D eigenvalue weighted by Gasteiger charge is 2.36. The smallest absolute Gasteiger partial charge is 0.259 e. The van der Waals surface area contributed by atoms with Crippen molar-refractivity contribution in [1.82, 2.24) is 10.6 Å². The first kappa shape index (κ1) is 24.7. The fourth-order valence-corrected chi connectivity index (χ4v) is 8.30. The molecule has 5 aromatic rings. The van der Waals surface area contributed by atoms with Crippen molar-refractivity contribution in [2.45, 2.75) is 45.4 Å². The molecule has 0 saturated heterocycles. The Balaban J connectivity index is 1.80. The van der Waals surface area contributed by atoms with Crippen LogP contribution in [-0.2, 0) is 0 Å². The summed E-state index contributed by atoms with van der Waals surface area (Å²) < 4.78 is 1.53. The van der Waals surface area contributed by atoms with Crippen LogP contribution in [-0.4, -0.2) is 23.6 Å². The second-order valence-corrected chi connectivity index (χ2v) is 12.0. The summed E-state index contributed by atoms with van der Waals surface area (Å²) in [6.45, 7) is 4.28. The van der Waals surface area contributed by atoms with Gasteiger partial charge in [0.2, 0.25) is 0 Å². The van der Waals surface area contributed by atoms with Crippen LogP contribution in [0.5, 0.6) is 0 Å². The van der Waals surface area contributed by atoms with Crippen LogP contribution in [0.2, 0.25) is 0 Å². The van der Waals surface area contributed by atoms with E-state index in [4.69, 9.17) is 0 Å². The summed E-state index contributed by atoms with van der Waals surface area (Å²) in [4.78, 5) is 52.4. The molecule has 5 aromatic carbocycles. The number of imide groups is 2. The Bertz CT molecular complexity index is 1970. The van der Waals surface area contributed by atoms with Gasteiger partial charge in [0.15, 0.2) is 0 Å². The van der Waals surface area contributed by atoms with E-state index in [1.807, 2.05) is 12.1 Å².